The van der Waals surface area contributed by atoms with Gasteiger partial charge >= 0.3 is 0 Å². The number of rotatable bonds is 8. The zero-order valence-corrected chi connectivity index (χ0v) is 12.5. The van der Waals surface area contributed by atoms with Crippen LogP contribution >= 0.6 is 0 Å². The summed E-state index contributed by atoms with van der Waals surface area (Å²) in [6.45, 7) is 6.61. The molecule has 0 aromatic carbocycles. The monoisotopic (exact) mass is 280 g/mol. The zero-order valence-electron chi connectivity index (χ0n) is 12.5. The maximum atomic E-state index is 12.2. The number of hydrogen-bond donors (Lipinski definition) is 2. The maximum Gasteiger partial charge on any atom is 0.271 e. The molecule has 1 rings (SSSR count). The van der Waals surface area contributed by atoms with Gasteiger partial charge < -0.3 is 11.1 Å². The molecule has 20 heavy (non-hydrogen) atoms. The molecular weight excluding hydrogens is 256 g/mol. The molecule has 0 spiro atoms. The van der Waals surface area contributed by atoms with Crippen molar-refractivity contribution < 1.29 is 9.59 Å². The van der Waals surface area contributed by atoms with Gasteiger partial charge in [0.25, 0.3) is 5.91 Å². The number of aryl methyl sites for hydroxylation is 1. The highest BCUT2D eigenvalue weighted by molar-refractivity contribution is 6.01. The average molecular weight is 280 g/mol. The van der Waals surface area contributed by atoms with Gasteiger partial charge in [0, 0.05) is 18.7 Å². The summed E-state index contributed by atoms with van der Waals surface area (Å²) in [4.78, 5) is 23.6. The van der Waals surface area contributed by atoms with E-state index in [9.17, 15) is 9.59 Å². The molecule has 1 aromatic heterocycles. The highest BCUT2D eigenvalue weighted by Crippen LogP contribution is 2.18. The predicted molar refractivity (Wildman–Crippen MR) is 78.4 cm³/mol. The smallest absolute Gasteiger partial charge is 0.271 e. The van der Waals surface area contributed by atoms with Gasteiger partial charge in [-0.25, -0.2) is 0 Å². The summed E-state index contributed by atoms with van der Waals surface area (Å²) >= 11 is 0. The number of anilines is 1. The lowest BCUT2D eigenvalue weighted by molar-refractivity contribution is -0.120. The Labute approximate surface area is 119 Å². The van der Waals surface area contributed by atoms with E-state index in [0.717, 1.165) is 25.7 Å². The van der Waals surface area contributed by atoms with Crippen LogP contribution < -0.4 is 11.1 Å². The molecular formula is C14H24N4O2. The van der Waals surface area contributed by atoms with Gasteiger partial charge in [0.1, 0.15) is 0 Å². The van der Waals surface area contributed by atoms with E-state index in [0.29, 0.717) is 12.2 Å². The third-order valence-corrected chi connectivity index (χ3v) is 3.35. The molecule has 2 amide bonds. The van der Waals surface area contributed by atoms with Crippen molar-refractivity contribution in [2.75, 3.05) is 5.32 Å². The highest BCUT2D eigenvalue weighted by atomic mass is 16.2. The lowest BCUT2D eigenvalue weighted by Gasteiger charge is -2.13. The molecule has 0 bridgehead atoms. The van der Waals surface area contributed by atoms with E-state index in [4.69, 9.17) is 5.73 Å². The second-order valence-electron chi connectivity index (χ2n) is 4.85. The zero-order chi connectivity index (χ0) is 15.1. The van der Waals surface area contributed by atoms with Gasteiger partial charge in [-0.05, 0) is 19.8 Å². The number of nitrogens with zero attached hydrogens (tertiary/aromatic N) is 2. The number of aromatic nitrogens is 2. The minimum Gasteiger partial charge on any atom is -0.364 e. The summed E-state index contributed by atoms with van der Waals surface area (Å²) in [6, 6.07) is 0. The van der Waals surface area contributed by atoms with Crippen molar-refractivity contribution in [1.82, 2.24) is 9.78 Å². The van der Waals surface area contributed by atoms with Gasteiger partial charge in [0.15, 0.2) is 5.69 Å². The first-order valence-corrected chi connectivity index (χ1v) is 7.21. The van der Waals surface area contributed by atoms with Crippen molar-refractivity contribution in [2.45, 2.75) is 53.0 Å². The van der Waals surface area contributed by atoms with Crippen LogP contribution in [-0.2, 0) is 11.3 Å². The van der Waals surface area contributed by atoms with Crippen LogP contribution in [-0.4, -0.2) is 21.6 Å². The number of amides is 2. The standard InChI is InChI=1S/C14H24N4O2/c1-4-7-8-10(5-2)14(20)16-11-9-18(6-3)17-12(11)13(15)19/h9-10H,4-8H2,1-3H3,(H2,15,19)(H,16,20)/t10-/m0/s1. The van der Waals surface area contributed by atoms with E-state index in [2.05, 4.69) is 17.3 Å². The highest BCUT2D eigenvalue weighted by Gasteiger charge is 2.20. The largest absolute Gasteiger partial charge is 0.364 e. The number of hydrogen-bond acceptors (Lipinski definition) is 3. The van der Waals surface area contributed by atoms with Gasteiger partial charge in [-0.15, -0.1) is 0 Å². The fourth-order valence-corrected chi connectivity index (χ4v) is 2.06. The Morgan fingerprint density at radius 3 is 2.60 bits per heavy atom. The number of primary amides is 1. The minimum absolute atomic E-state index is 0.0411. The molecule has 0 radical (unpaired) electrons. The molecule has 1 heterocycles. The molecule has 0 aliphatic rings. The van der Waals surface area contributed by atoms with Crippen LogP contribution in [0.25, 0.3) is 0 Å². The molecule has 1 aromatic rings. The molecule has 0 fully saturated rings. The first-order valence-electron chi connectivity index (χ1n) is 7.21. The van der Waals surface area contributed by atoms with Crippen LogP contribution in [0.15, 0.2) is 6.20 Å². The molecule has 6 heteroatoms. The Balaban J connectivity index is 2.83. The van der Waals surface area contributed by atoms with Gasteiger partial charge in [-0.3, -0.25) is 14.3 Å². The van der Waals surface area contributed by atoms with Crippen molar-refractivity contribution in [2.24, 2.45) is 11.7 Å². The fourth-order valence-electron chi connectivity index (χ4n) is 2.06. The molecule has 1 atom stereocenters. The Morgan fingerprint density at radius 1 is 1.40 bits per heavy atom. The Bertz CT molecular complexity index is 468. The number of nitrogens with one attached hydrogen (secondary N) is 1. The second-order valence-corrected chi connectivity index (χ2v) is 4.85. The van der Waals surface area contributed by atoms with Crippen molar-refractivity contribution >= 4 is 17.5 Å². The lowest BCUT2D eigenvalue weighted by Crippen LogP contribution is -2.24. The van der Waals surface area contributed by atoms with Gasteiger partial charge in [0.2, 0.25) is 5.91 Å². The van der Waals surface area contributed by atoms with E-state index >= 15 is 0 Å². The first-order chi connectivity index (χ1) is 9.53. The lowest BCUT2D eigenvalue weighted by atomic mass is 9.98. The van der Waals surface area contributed by atoms with E-state index in [1.165, 1.54) is 0 Å². The van der Waals surface area contributed by atoms with Gasteiger partial charge in [-0.1, -0.05) is 26.7 Å². The van der Waals surface area contributed by atoms with Crippen molar-refractivity contribution in [3.63, 3.8) is 0 Å². The quantitative estimate of drug-likeness (QED) is 0.764. The van der Waals surface area contributed by atoms with Crippen molar-refractivity contribution in [1.29, 1.82) is 0 Å². The summed E-state index contributed by atoms with van der Waals surface area (Å²) in [5.74, 6) is -0.742. The fraction of sp³-hybridized carbons (Fsp3) is 0.643. The third-order valence-electron chi connectivity index (χ3n) is 3.35. The summed E-state index contributed by atoms with van der Waals surface area (Å²) in [5.41, 5.74) is 5.80. The molecule has 112 valence electrons. The van der Waals surface area contributed by atoms with Crippen LogP contribution in [0.3, 0.4) is 0 Å². The van der Waals surface area contributed by atoms with Crippen molar-refractivity contribution in [3.8, 4) is 0 Å². The molecule has 0 aliphatic carbocycles. The van der Waals surface area contributed by atoms with Gasteiger partial charge in [0.05, 0.1) is 5.69 Å². The van der Waals surface area contributed by atoms with Crippen LogP contribution in [0.4, 0.5) is 5.69 Å². The number of nitrogens with two attached hydrogens (primary N) is 1. The molecule has 0 saturated heterocycles. The summed E-state index contributed by atoms with van der Waals surface area (Å²) in [6.07, 6.45) is 5.35. The summed E-state index contributed by atoms with van der Waals surface area (Å²) in [5, 5.41) is 6.84. The van der Waals surface area contributed by atoms with Crippen LogP contribution in [0.5, 0.6) is 0 Å². The predicted octanol–water partition coefficient (Wildman–Crippen LogP) is 2.16. The van der Waals surface area contributed by atoms with E-state index in [1.54, 1.807) is 10.9 Å². The minimum atomic E-state index is -0.630. The molecule has 3 N–H and O–H groups in total. The molecule has 0 unspecified atom stereocenters. The number of carbonyl (C=O) groups is 2. The van der Waals surface area contributed by atoms with E-state index in [1.807, 2.05) is 13.8 Å². The van der Waals surface area contributed by atoms with Crippen LogP contribution in [0, 0.1) is 5.92 Å². The number of unbranched alkanes of at least 4 members (excludes halogenated alkanes) is 1. The second kappa shape index (κ2) is 7.67. The molecule has 0 aliphatic heterocycles. The van der Waals surface area contributed by atoms with Crippen LogP contribution in [0.1, 0.15) is 56.9 Å². The third kappa shape index (κ3) is 4.08. The van der Waals surface area contributed by atoms with Gasteiger partial charge in [-0.2, -0.15) is 5.10 Å². The number of carbonyl (C=O) groups excluding carboxylic acids is 2. The van der Waals surface area contributed by atoms with E-state index < -0.39 is 5.91 Å². The normalized spacial score (nSPS) is 12.2. The topological polar surface area (TPSA) is 90.0 Å². The summed E-state index contributed by atoms with van der Waals surface area (Å²) < 4.78 is 1.59. The van der Waals surface area contributed by atoms with E-state index in [-0.39, 0.29) is 17.5 Å². The average Bonchev–Trinajstić information content (AvgIpc) is 2.83. The molecule has 6 nitrogen and oxygen atoms in total. The summed E-state index contributed by atoms with van der Waals surface area (Å²) in [7, 11) is 0. The Kier molecular flexibility index (Phi) is 6.21. The SMILES string of the molecule is CCCC[C@H](CC)C(=O)Nc1cn(CC)nc1C(N)=O. The molecule has 0 saturated carbocycles. The van der Waals surface area contributed by atoms with Crippen molar-refractivity contribution in [3.05, 3.63) is 11.9 Å². The van der Waals surface area contributed by atoms with Crippen LogP contribution in [0.2, 0.25) is 0 Å². The Morgan fingerprint density at radius 2 is 2.10 bits per heavy atom. The maximum absolute atomic E-state index is 12.2. The first kappa shape index (κ1) is 16.2. The Hall–Kier alpha value is -1.85.